The van der Waals surface area contributed by atoms with Crippen molar-refractivity contribution in [1.29, 1.82) is 0 Å². The van der Waals surface area contributed by atoms with Gasteiger partial charge in [0.15, 0.2) is 0 Å². The van der Waals surface area contributed by atoms with Gasteiger partial charge >= 0.3 is 0 Å². The first-order valence-electron chi connectivity index (χ1n) is 22.1. The molecule has 2 N–H and O–H groups in total. The van der Waals surface area contributed by atoms with Crippen LogP contribution in [0.25, 0.3) is 39.1 Å². The number of hydrogen-bond acceptors (Lipinski definition) is 4. The normalized spacial score (nSPS) is 19.5. The topological polar surface area (TPSA) is 46.4 Å². The maximum absolute atomic E-state index is 7.18. The van der Waals surface area contributed by atoms with E-state index < -0.39 is 10.8 Å². The van der Waals surface area contributed by atoms with E-state index >= 15 is 0 Å². The van der Waals surface area contributed by atoms with Gasteiger partial charge in [0.05, 0.1) is 21.9 Å². The number of nitrogens with one attached hydrogen (secondary N) is 2. The van der Waals surface area contributed by atoms with Crippen LogP contribution in [0, 0.1) is 5.92 Å². The van der Waals surface area contributed by atoms with Gasteiger partial charge in [0.2, 0.25) is 0 Å². The molecule has 4 aliphatic carbocycles. The summed E-state index contributed by atoms with van der Waals surface area (Å²) in [6, 6.07) is 47.6. The Morgan fingerprint density at radius 2 is 1.35 bits per heavy atom. The number of para-hydroxylation sites is 3. The van der Waals surface area contributed by atoms with Crippen LogP contribution in [0.5, 0.6) is 5.75 Å². The molecule has 12 rings (SSSR count). The second-order valence-corrected chi connectivity index (χ2v) is 16.8. The summed E-state index contributed by atoms with van der Waals surface area (Å²) < 4.78 is 14.1. The lowest BCUT2D eigenvalue weighted by Crippen LogP contribution is -2.45. The number of anilines is 2. The maximum Gasteiger partial charge on any atom is 0.145 e. The molecule has 0 radical (unpaired) electrons. The number of rotatable bonds is 6. The van der Waals surface area contributed by atoms with Gasteiger partial charge in [-0.3, -0.25) is 0 Å². The first-order valence-corrected chi connectivity index (χ1v) is 22.1. The van der Waals surface area contributed by atoms with Crippen LogP contribution in [0.2, 0.25) is 0 Å². The molecule has 7 aromatic rings. The average Bonchev–Trinajstić information content (AvgIpc) is 3.83. The van der Waals surface area contributed by atoms with Gasteiger partial charge < -0.3 is 19.8 Å². The number of fused-ring (bicyclic) bond motifs is 16. The largest absolute Gasteiger partial charge is 0.484 e. The van der Waals surface area contributed by atoms with Crippen molar-refractivity contribution in [1.82, 2.24) is 0 Å². The van der Waals surface area contributed by atoms with Crippen LogP contribution in [0.15, 0.2) is 204 Å². The summed E-state index contributed by atoms with van der Waals surface area (Å²) in [5.41, 5.74) is 14.2. The molecule has 2 atom stereocenters. The van der Waals surface area contributed by atoms with E-state index in [2.05, 4.69) is 177 Å². The lowest BCUT2D eigenvalue weighted by Gasteiger charge is -2.43. The van der Waals surface area contributed by atoms with Crippen molar-refractivity contribution in [2.45, 2.75) is 57.5 Å². The molecule has 5 aliphatic rings. The summed E-state index contributed by atoms with van der Waals surface area (Å²) in [5, 5.41) is 9.75. The Kier molecular flexibility index (Phi) is 9.95. The van der Waals surface area contributed by atoms with Crippen molar-refractivity contribution >= 4 is 39.4 Å². The van der Waals surface area contributed by atoms with E-state index in [9.17, 15) is 0 Å². The molecule has 6 aromatic carbocycles. The van der Waals surface area contributed by atoms with Crippen LogP contribution in [0.1, 0.15) is 68.4 Å². The van der Waals surface area contributed by atoms with E-state index in [0.29, 0.717) is 0 Å². The van der Waals surface area contributed by atoms with Gasteiger partial charge in [-0.05, 0) is 94.3 Å². The van der Waals surface area contributed by atoms with Crippen LogP contribution in [0.3, 0.4) is 0 Å². The summed E-state index contributed by atoms with van der Waals surface area (Å²) >= 11 is 0. The van der Waals surface area contributed by atoms with Crippen LogP contribution in [0.4, 0.5) is 11.4 Å². The van der Waals surface area contributed by atoms with Gasteiger partial charge in [-0.15, -0.1) is 0 Å². The first kappa shape index (κ1) is 39.1. The van der Waals surface area contributed by atoms with Crippen LogP contribution in [-0.4, -0.2) is 6.10 Å². The third kappa shape index (κ3) is 6.03. The van der Waals surface area contributed by atoms with Gasteiger partial charge in [0.25, 0.3) is 0 Å². The third-order valence-corrected chi connectivity index (χ3v) is 13.1. The van der Waals surface area contributed by atoms with Crippen molar-refractivity contribution in [3.05, 3.63) is 227 Å². The highest BCUT2D eigenvalue weighted by atomic mass is 16.5. The fourth-order valence-corrected chi connectivity index (χ4v) is 10.1. The molecule has 4 nitrogen and oxygen atoms in total. The Hall–Kier alpha value is -7.04. The van der Waals surface area contributed by atoms with E-state index in [0.717, 1.165) is 67.4 Å². The second kappa shape index (κ2) is 15.8. The highest BCUT2D eigenvalue weighted by Crippen LogP contribution is 2.64. The molecule has 306 valence electrons. The Morgan fingerprint density at radius 3 is 2.06 bits per heavy atom. The summed E-state index contributed by atoms with van der Waals surface area (Å²) in [7, 11) is 0. The van der Waals surface area contributed by atoms with Gasteiger partial charge in [-0.25, -0.2) is 0 Å². The van der Waals surface area contributed by atoms with Crippen molar-refractivity contribution in [3.8, 4) is 16.9 Å². The number of hydrogen-bond donors (Lipinski definition) is 2. The monoisotopic (exact) mass is 808 g/mol. The Balaban J connectivity index is 0.000000716. The lowest BCUT2D eigenvalue weighted by atomic mass is 9.60. The summed E-state index contributed by atoms with van der Waals surface area (Å²) in [4.78, 5) is 0. The zero-order chi connectivity index (χ0) is 42.4. The molecule has 4 heteroatoms. The molecule has 2 heterocycles. The standard InChI is InChI=1S/C52H38N2O2.C4H8.C2H6/c1-3-4-5-17-30-53-44-31-42-36(49-48(44)38-22-11-15-26-45(38)55-49)28-29-37-43(52(42)39-23-12-9-20-34(39)35-21-10-13-24-40(35)52)32-47(54-33-18-7-6-8-19-33)51(2)41-25-14-16-27-46(41)56-50(37)51;1-4-2-3-4;1-2/h3-32,50,53-54H,1H2,2H3;4H,2-3H2,1H3;1-2H3/b5-4-,30-17-;;. The molecule has 1 fully saturated rings. The van der Waals surface area contributed by atoms with Crippen LogP contribution in [-0.2, 0) is 10.8 Å². The minimum Gasteiger partial charge on any atom is -0.484 e. The first-order chi connectivity index (χ1) is 30.5. The quantitative estimate of drug-likeness (QED) is 0.164. The van der Waals surface area contributed by atoms with Crippen molar-refractivity contribution in [2.24, 2.45) is 5.92 Å². The highest BCUT2D eigenvalue weighted by Gasteiger charge is 2.57. The van der Waals surface area contributed by atoms with Crippen LogP contribution < -0.4 is 15.4 Å². The van der Waals surface area contributed by atoms with Gasteiger partial charge in [-0.1, -0.05) is 174 Å². The van der Waals surface area contributed by atoms with E-state index in [1.54, 1.807) is 6.08 Å². The number of ether oxygens (including phenoxy) is 1. The summed E-state index contributed by atoms with van der Waals surface area (Å²) in [6.45, 7) is 12.4. The Bertz CT molecular complexity index is 2980. The minimum absolute atomic E-state index is 0.309. The van der Waals surface area contributed by atoms with E-state index in [1.165, 1.54) is 46.2 Å². The molecule has 0 saturated heterocycles. The maximum atomic E-state index is 7.18. The Morgan fingerprint density at radius 1 is 0.710 bits per heavy atom. The number of benzene rings is 6. The minimum atomic E-state index is -0.736. The van der Waals surface area contributed by atoms with Crippen molar-refractivity contribution < 1.29 is 9.15 Å². The zero-order valence-electron chi connectivity index (χ0n) is 35.9. The molecular formula is C58H52N2O2. The average molecular weight is 809 g/mol. The Labute approximate surface area is 365 Å². The molecule has 2 unspecified atom stereocenters. The summed E-state index contributed by atoms with van der Waals surface area (Å²) in [6.07, 6.45) is 19.4. The van der Waals surface area contributed by atoms with Crippen LogP contribution >= 0.6 is 0 Å². The highest BCUT2D eigenvalue weighted by molar-refractivity contribution is 6.15. The molecule has 1 aliphatic heterocycles. The fraction of sp³-hybridized carbons (Fsp3) is 0.172. The molecular weight excluding hydrogens is 757 g/mol. The van der Waals surface area contributed by atoms with Gasteiger partial charge in [0, 0.05) is 34.1 Å². The molecule has 1 spiro atoms. The molecule has 0 bridgehead atoms. The van der Waals surface area contributed by atoms with Crippen molar-refractivity contribution in [2.75, 3.05) is 10.6 Å². The van der Waals surface area contributed by atoms with Gasteiger partial charge in [0.1, 0.15) is 23.0 Å². The van der Waals surface area contributed by atoms with Gasteiger partial charge in [-0.2, -0.15) is 0 Å². The number of furan rings is 1. The van der Waals surface area contributed by atoms with E-state index in [1.807, 2.05) is 44.3 Å². The lowest BCUT2D eigenvalue weighted by molar-refractivity contribution is 0.210. The fourth-order valence-electron chi connectivity index (χ4n) is 10.1. The van der Waals surface area contributed by atoms with E-state index in [4.69, 9.17) is 9.15 Å². The number of allylic oxidation sites excluding steroid dienone is 6. The van der Waals surface area contributed by atoms with E-state index in [-0.39, 0.29) is 6.10 Å². The molecule has 0 amide bonds. The zero-order valence-corrected chi connectivity index (χ0v) is 35.9. The predicted molar refractivity (Wildman–Crippen MR) is 260 cm³/mol. The SMILES string of the molecule is C=C/C=C\C=C/Nc1cc2c(c3oc4ccccc4c13)C=CC1=C(C=C(Nc3ccccc3)C3(C)c4ccccc4OC13)C21c2ccccc2-c2ccccc21.CC.CC1CC1. The molecule has 1 aromatic heterocycles. The molecule has 62 heavy (non-hydrogen) atoms. The second-order valence-electron chi connectivity index (χ2n) is 16.8. The summed E-state index contributed by atoms with van der Waals surface area (Å²) in [5.74, 6) is 1.99. The van der Waals surface area contributed by atoms with Crippen molar-refractivity contribution in [3.63, 3.8) is 0 Å². The molecule has 1 saturated carbocycles. The smallest absolute Gasteiger partial charge is 0.145 e. The third-order valence-electron chi connectivity index (χ3n) is 13.1. The predicted octanol–water partition coefficient (Wildman–Crippen LogP) is 15.1.